The lowest BCUT2D eigenvalue weighted by Crippen LogP contribution is -2.32. The van der Waals surface area contributed by atoms with E-state index in [1.165, 1.54) is 6.07 Å². The van der Waals surface area contributed by atoms with Gasteiger partial charge in [0.2, 0.25) is 0 Å². The lowest BCUT2D eigenvalue weighted by Gasteiger charge is -2.30. The van der Waals surface area contributed by atoms with Crippen LogP contribution in [0.1, 0.15) is 32.2 Å². The Morgan fingerprint density at radius 2 is 1.84 bits per heavy atom. The molecule has 3 N–H and O–H groups in total. The second kappa shape index (κ2) is 9.34. The minimum absolute atomic E-state index is 0.136. The van der Waals surface area contributed by atoms with E-state index in [0.29, 0.717) is 11.4 Å². The van der Waals surface area contributed by atoms with E-state index in [2.05, 4.69) is 14.6 Å². The summed E-state index contributed by atoms with van der Waals surface area (Å²) in [5, 5.41) is 3.19. The predicted octanol–water partition coefficient (Wildman–Crippen LogP) is 6.27. The summed E-state index contributed by atoms with van der Waals surface area (Å²) in [7, 11) is 0. The number of hydrogen-bond donors (Lipinski definition) is 2. The van der Waals surface area contributed by atoms with Gasteiger partial charge in [0.1, 0.15) is 0 Å². The van der Waals surface area contributed by atoms with Crippen LogP contribution in [0.5, 0.6) is 0 Å². The molecule has 0 aliphatic heterocycles. The second-order valence-electron chi connectivity index (χ2n) is 9.12. The third-order valence-corrected chi connectivity index (χ3v) is 6.72. The van der Waals surface area contributed by atoms with Crippen LogP contribution < -0.4 is 16.6 Å². The second-order valence-corrected chi connectivity index (χ2v) is 9.12. The molecule has 1 amide bonds. The van der Waals surface area contributed by atoms with Crippen molar-refractivity contribution in [2.75, 3.05) is 11.1 Å². The minimum atomic E-state index is -4.64. The maximum Gasteiger partial charge on any atom is 0.425 e. The fraction of sp³-hybridized carbons (Fsp3) is 0.259. The quantitative estimate of drug-likeness (QED) is 0.331. The van der Waals surface area contributed by atoms with Crippen LogP contribution >= 0.6 is 0 Å². The lowest BCUT2D eigenvalue weighted by molar-refractivity contribution is -0.196. The number of nitrogen functional groups attached to an aromatic ring is 1. The van der Waals surface area contributed by atoms with Crippen molar-refractivity contribution in [1.82, 2.24) is 9.13 Å². The lowest BCUT2D eigenvalue weighted by atomic mass is 9.92. The van der Waals surface area contributed by atoms with Crippen LogP contribution in [-0.2, 0) is 4.74 Å². The molecule has 37 heavy (non-hydrogen) atoms. The van der Waals surface area contributed by atoms with Crippen molar-refractivity contribution < 1.29 is 22.7 Å². The van der Waals surface area contributed by atoms with Crippen molar-refractivity contribution in [3.05, 3.63) is 77.2 Å². The Morgan fingerprint density at radius 3 is 2.46 bits per heavy atom. The molecule has 192 valence electrons. The zero-order chi connectivity index (χ0) is 26.3. The molecule has 1 atom stereocenters. The van der Waals surface area contributed by atoms with Crippen LogP contribution in [0.2, 0.25) is 0 Å². The van der Waals surface area contributed by atoms with E-state index in [1.807, 2.05) is 18.2 Å². The van der Waals surface area contributed by atoms with Crippen molar-refractivity contribution in [3.63, 3.8) is 0 Å². The van der Waals surface area contributed by atoms with Crippen LogP contribution in [0.15, 0.2) is 71.7 Å². The molecular weight excluding hydrogens is 485 g/mol. The first-order valence-corrected chi connectivity index (χ1v) is 11.9. The smallest absolute Gasteiger partial charge is 0.425 e. The molecule has 2 heterocycles. The van der Waals surface area contributed by atoms with E-state index in [-0.39, 0.29) is 11.6 Å². The Hall–Kier alpha value is -4.21. The molecule has 1 fully saturated rings. The normalized spacial score (nSPS) is 14.8. The largest absolute Gasteiger partial charge is 0.437 e. The highest BCUT2D eigenvalue weighted by Crippen LogP contribution is 2.44. The number of benzene rings is 2. The van der Waals surface area contributed by atoms with E-state index >= 15 is 0 Å². The molecule has 0 unspecified atom stereocenters. The van der Waals surface area contributed by atoms with Crippen LogP contribution in [0.4, 0.5) is 29.3 Å². The summed E-state index contributed by atoms with van der Waals surface area (Å²) < 4.78 is 46.1. The van der Waals surface area contributed by atoms with E-state index in [4.69, 9.17) is 5.73 Å². The Labute approximate surface area is 210 Å². The van der Waals surface area contributed by atoms with Gasteiger partial charge in [-0.2, -0.15) is 13.2 Å². The van der Waals surface area contributed by atoms with Gasteiger partial charge in [0.25, 0.3) is 5.56 Å². The number of carbonyl (C=O) groups excluding carboxylic acids is 1. The fourth-order valence-corrected chi connectivity index (χ4v) is 4.52. The van der Waals surface area contributed by atoms with Crippen LogP contribution in [-0.4, -0.2) is 27.5 Å². The molecule has 2 aromatic carbocycles. The van der Waals surface area contributed by atoms with Gasteiger partial charge in [-0.25, -0.2) is 4.79 Å². The molecule has 1 aliphatic rings. The number of rotatable bonds is 5. The average Bonchev–Trinajstić information content (AvgIpc) is 3.09. The number of nitrogens with one attached hydrogen (secondary N) is 1. The summed E-state index contributed by atoms with van der Waals surface area (Å²) >= 11 is 0. The molecule has 1 aliphatic carbocycles. The summed E-state index contributed by atoms with van der Waals surface area (Å²) in [4.78, 5) is 24.3. The van der Waals surface area contributed by atoms with Crippen LogP contribution in [0.3, 0.4) is 0 Å². The van der Waals surface area contributed by atoms with Crippen molar-refractivity contribution in [2.45, 2.75) is 44.5 Å². The van der Waals surface area contributed by atoms with Crippen LogP contribution in [0.25, 0.3) is 27.8 Å². The molecule has 0 saturated heterocycles. The van der Waals surface area contributed by atoms with Gasteiger partial charge in [0.05, 0.1) is 22.6 Å². The molecule has 4 aromatic rings. The number of amides is 1. The number of aromatic nitrogens is 2. The summed E-state index contributed by atoms with van der Waals surface area (Å²) in [6.07, 6.45) is -3.24. The van der Waals surface area contributed by atoms with Gasteiger partial charge in [0.15, 0.2) is 6.10 Å². The highest BCUT2D eigenvalue weighted by Gasteiger charge is 2.39. The third kappa shape index (κ3) is 4.66. The summed E-state index contributed by atoms with van der Waals surface area (Å²) in [6, 6.07) is 17.7. The summed E-state index contributed by atoms with van der Waals surface area (Å²) in [5.41, 5.74) is 10.6. The Kier molecular flexibility index (Phi) is 6.18. The number of carbonyl (C=O) groups is 1. The molecule has 2 aromatic heterocycles. The number of hydrogen-bond acceptors (Lipinski definition) is 4. The molecular formula is C27H25F3N4O3. The highest BCUT2D eigenvalue weighted by atomic mass is 19.4. The van der Waals surface area contributed by atoms with Gasteiger partial charge in [-0.1, -0.05) is 18.2 Å². The topological polar surface area (TPSA) is 91.3 Å². The first-order valence-electron chi connectivity index (χ1n) is 11.9. The van der Waals surface area contributed by atoms with Crippen molar-refractivity contribution in [1.29, 1.82) is 0 Å². The number of halogens is 3. The van der Waals surface area contributed by atoms with Gasteiger partial charge < -0.3 is 15.0 Å². The number of nitrogens with two attached hydrogens (primary N) is 1. The number of alkyl halides is 3. The van der Waals surface area contributed by atoms with Gasteiger partial charge in [-0.05, 0) is 62.6 Å². The maximum atomic E-state index is 12.7. The maximum absolute atomic E-state index is 12.7. The molecule has 10 heteroatoms. The van der Waals surface area contributed by atoms with Crippen molar-refractivity contribution in [3.8, 4) is 16.9 Å². The Morgan fingerprint density at radius 1 is 1.11 bits per heavy atom. The van der Waals surface area contributed by atoms with E-state index < -0.39 is 18.4 Å². The first-order chi connectivity index (χ1) is 17.6. The standard InChI is InChI=1S/C27H25F3N4O3/c1-16(27(28,29)30)37-26(36)32-18-10-8-17(9-11-18)25-24(31)21-13-12-20(33-14-3-2-7-23(33)35)15-22(21)34(25)19-5-4-6-19/h2-3,7-16,19H,4-6,31H2,1H3,(H,32,36)/t16-/m1/s1. The van der Waals surface area contributed by atoms with Crippen molar-refractivity contribution >= 4 is 28.4 Å². The molecule has 5 rings (SSSR count). The summed E-state index contributed by atoms with van der Waals surface area (Å²) in [5.74, 6) is 0. The van der Waals surface area contributed by atoms with Gasteiger partial charge >= 0.3 is 12.3 Å². The van der Waals surface area contributed by atoms with Crippen molar-refractivity contribution in [2.24, 2.45) is 0 Å². The summed E-state index contributed by atoms with van der Waals surface area (Å²) in [6.45, 7) is 0.768. The number of pyridine rings is 1. The Balaban J connectivity index is 1.50. The van der Waals surface area contributed by atoms with Gasteiger partial charge in [-0.3, -0.25) is 14.7 Å². The zero-order valence-corrected chi connectivity index (χ0v) is 20.0. The molecule has 0 spiro atoms. The van der Waals surface area contributed by atoms with E-state index in [0.717, 1.165) is 54.0 Å². The number of anilines is 2. The highest BCUT2D eigenvalue weighted by molar-refractivity contribution is 6.02. The fourth-order valence-electron chi connectivity index (χ4n) is 4.52. The first kappa shape index (κ1) is 24.5. The number of fused-ring (bicyclic) bond motifs is 1. The van der Waals surface area contributed by atoms with Gasteiger partial charge in [0, 0.05) is 34.9 Å². The molecule has 1 saturated carbocycles. The zero-order valence-electron chi connectivity index (χ0n) is 20.0. The van der Waals surface area contributed by atoms with Gasteiger partial charge in [-0.15, -0.1) is 0 Å². The predicted molar refractivity (Wildman–Crippen MR) is 136 cm³/mol. The molecule has 7 nitrogen and oxygen atoms in total. The minimum Gasteiger partial charge on any atom is -0.437 e. The van der Waals surface area contributed by atoms with E-state index in [1.54, 1.807) is 47.2 Å². The Bertz CT molecular complexity index is 1520. The average molecular weight is 511 g/mol. The SMILES string of the molecule is C[C@@H](OC(=O)Nc1ccc(-c2c(N)c3ccc(-n4ccccc4=O)cc3n2C2CCC2)cc1)C(F)(F)F. The number of ether oxygens (including phenoxy) is 1. The molecule has 0 bridgehead atoms. The number of nitrogens with zero attached hydrogens (tertiary/aromatic N) is 2. The third-order valence-electron chi connectivity index (χ3n) is 6.72. The van der Waals surface area contributed by atoms with E-state index in [9.17, 15) is 22.8 Å². The van der Waals surface area contributed by atoms with Crippen LogP contribution in [0, 0.1) is 0 Å². The monoisotopic (exact) mass is 510 g/mol. The molecule has 0 radical (unpaired) electrons.